The van der Waals surface area contributed by atoms with Crippen LogP contribution in [-0.4, -0.2) is 24.1 Å². The van der Waals surface area contributed by atoms with E-state index >= 15 is 0 Å². The van der Waals surface area contributed by atoms with E-state index in [4.69, 9.17) is 0 Å². The van der Waals surface area contributed by atoms with E-state index in [0.29, 0.717) is 18.7 Å². The van der Waals surface area contributed by atoms with Gasteiger partial charge in [0.05, 0.1) is 11.4 Å². The highest BCUT2D eigenvalue weighted by atomic mass is 32.2. The van der Waals surface area contributed by atoms with Gasteiger partial charge in [0, 0.05) is 30.2 Å². The Balaban J connectivity index is 2.09. The molecule has 0 saturated carbocycles. The molecule has 0 bridgehead atoms. The van der Waals surface area contributed by atoms with Gasteiger partial charge in [-0.25, -0.2) is 18.4 Å². The first-order valence-corrected chi connectivity index (χ1v) is 8.74. The lowest BCUT2D eigenvalue weighted by atomic mass is 10.2. The van der Waals surface area contributed by atoms with Gasteiger partial charge in [0.15, 0.2) is 0 Å². The smallest absolute Gasteiger partial charge is 0.232 e. The van der Waals surface area contributed by atoms with Crippen molar-refractivity contribution < 1.29 is 8.42 Å². The summed E-state index contributed by atoms with van der Waals surface area (Å²) in [7, 11) is -3.29. The first-order chi connectivity index (χ1) is 10.5. The summed E-state index contributed by atoms with van der Waals surface area (Å²) in [5.41, 5.74) is 3.27. The normalized spacial score (nSPS) is 11.2. The van der Waals surface area contributed by atoms with Crippen molar-refractivity contribution in [3.05, 3.63) is 48.0 Å². The van der Waals surface area contributed by atoms with Crippen LogP contribution < -0.4 is 10.0 Å². The summed E-state index contributed by atoms with van der Waals surface area (Å²) in [6.45, 7) is 4.29. The molecular formula is C15H20N4O2S. The van der Waals surface area contributed by atoms with E-state index < -0.39 is 10.0 Å². The summed E-state index contributed by atoms with van der Waals surface area (Å²) < 4.78 is 26.4. The van der Waals surface area contributed by atoms with E-state index in [-0.39, 0.29) is 5.75 Å². The van der Waals surface area contributed by atoms with Gasteiger partial charge in [-0.3, -0.25) is 4.72 Å². The molecule has 0 aliphatic rings. The zero-order valence-electron chi connectivity index (χ0n) is 12.7. The number of anilines is 2. The molecule has 1 aromatic heterocycles. The monoisotopic (exact) mass is 320 g/mol. The number of aromatic nitrogens is 2. The van der Waals surface area contributed by atoms with Crippen LogP contribution in [0, 0.1) is 6.92 Å². The Labute approximate surface area is 131 Å². The molecule has 1 heterocycles. The topological polar surface area (TPSA) is 84.0 Å². The molecule has 0 spiro atoms. The Hall–Kier alpha value is -2.15. The van der Waals surface area contributed by atoms with Gasteiger partial charge in [0.2, 0.25) is 10.0 Å². The average molecular weight is 320 g/mol. The van der Waals surface area contributed by atoms with Gasteiger partial charge in [-0.05, 0) is 31.0 Å². The highest BCUT2D eigenvalue weighted by Crippen LogP contribution is 2.22. The third kappa shape index (κ3) is 4.70. The molecule has 2 N–H and O–H groups in total. The first kappa shape index (κ1) is 16.2. The zero-order chi connectivity index (χ0) is 16.0. The molecule has 2 rings (SSSR count). The minimum atomic E-state index is -3.29. The van der Waals surface area contributed by atoms with Crippen LogP contribution in [0.2, 0.25) is 0 Å². The Bertz CT molecular complexity index is 718. The molecule has 0 saturated heterocycles. The van der Waals surface area contributed by atoms with Crippen LogP contribution in [0.25, 0.3) is 0 Å². The molecule has 118 valence electrons. The SMILES string of the molecule is CCCS(=O)(=O)Nc1cc(NCc2cncnc2)ccc1C. The number of nitrogens with one attached hydrogen (secondary N) is 2. The molecular weight excluding hydrogens is 300 g/mol. The number of benzene rings is 1. The van der Waals surface area contributed by atoms with Crippen molar-refractivity contribution in [1.29, 1.82) is 0 Å². The number of hydrogen-bond donors (Lipinski definition) is 2. The lowest BCUT2D eigenvalue weighted by Crippen LogP contribution is -2.17. The summed E-state index contributed by atoms with van der Waals surface area (Å²) in [4.78, 5) is 7.91. The lowest BCUT2D eigenvalue weighted by molar-refractivity contribution is 0.600. The lowest BCUT2D eigenvalue weighted by Gasteiger charge is -2.13. The van der Waals surface area contributed by atoms with Crippen molar-refractivity contribution in [3.8, 4) is 0 Å². The fraction of sp³-hybridized carbons (Fsp3) is 0.333. The molecule has 0 aliphatic carbocycles. The Morgan fingerprint density at radius 3 is 2.59 bits per heavy atom. The molecule has 0 aliphatic heterocycles. The van der Waals surface area contributed by atoms with Crippen LogP contribution in [0.4, 0.5) is 11.4 Å². The predicted molar refractivity (Wildman–Crippen MR) is 88.2 cm³/mol. The van der Waals surface area contributed by atoms with Crippen molar-refractivity contribution in [2.75, 3.05) is 15.8 Å². The van der Waals surface area contributed by atoms with Crippen molar-refractivity contribution >= 4 is 21.4 Å². The standard InChI is InChI=1S/C15H20N4O2S/c1-3-6-22(20,21)19-15-7-14(5-4-12(15)2)18-10-13-8-16-11-17-9-13/h4-5,7-9,11,18-19H,3,6,10H2,1-2H3. The molecule has 2 aromatic rings. The maximum absolute atomic E-state index is 11.9. The van der Waals surface area contributed by atoms with Gasteiger partial charge in [-0.2, -0.15) is 0 Å². The van der Waals surface area contributed by atoms with E-state index in [2.05, 4.69) is 20.0 Å². The summed E-state index contributed by atoms with van der Waals surface area (Å²) in [6.07, 6.45) is 5.54. The van der Waals surface area contributed by atoms with Crippen LogP contribution in [-0.2, 0) is 16.6 Å². The number of rotatable bonds is 7. The Morgan fingerprint density at radius 2 is 1.91 bits per heavy atom. The van der Waals surface area contributed by atoms with Crippen LogP contribution >= 0.6 is 0 Å². The van der Waals surface area contributed by atoms with Crippen molar-refractivity contribution in [3.63, 3.8) is 0 Å². The summed E-state index contributed by atoms with van der Waals surface area (Å²) in [6, 6.07) is 5.59. The van der Waals surface area contributed by atoms with E-state index in [1.54, 1.807) is 18.5 Å². The Morgan fingerprint density at radius 1 is 1.18 bits per heavy atom. The maximum atomic E-state index is 11.9. The van der Waals surface area contributed by atoms with E-state index in [0.717, 1.165) is 16.8 Å². The minimum absolute atomic E-state index is 0.117. The average Bonchev–Trinajstić information content (AvgIpc) is 2.49. The van der Waals surface area contributed by atoms with Crippen molar-refractivity contribution in [2.24, 2.45) is 0 Å². The first-order valence-electron chi connectivity index (χ1n) is 7.09. The number of sulfonamides is 1. The molecule has 0 fully saturated rings. The summed E-state index contributed by atoms with van der Waals surface area (Å²) in [5.74, 6) is 0.117. The van der Waals surface area contributed by atoms with Crippen LogP contribution in [0.3, 0.4) is 0 Å². The van der Waals surface area contributed by atoms with Gasteiger partial charge in [-0.1, -0.05) is 13.0 Å². The molecule has 0 radical (unpaired) electrons. The third-order valence-corrected chi connectivity index (χ3v) is 4.56. The largest absolute Gasteiger partial charge is 0.381 e. The second kappa shape index (κ2) is 7.22. The van der Waals surface area contributed by atoms with Crippen LogP contribution in [0.1, 0.15) is 24.5 Å². The fourth-order valence-corrected chi connectivity index (χ4v) is 3.15. The van der Waals surface area contributed by atoms with Crippen molar-refractivity contribution in [2.45, 2.75) is 26.8 Å². The van der Waals surface area contributed by atoms with Gasteiger partial charge in [-0.15, -0.1) is 0 Å². The van der Waals surface area contributed by atoms with E-state index in [1.807, 2.05) is 26.0 Å². The quantitative estimate of drug-likeness (QED) is 0.819. The predicted octanol–water partition coefficient (Wildman–Crippen LogP) is 2.55. The molecule has 0 amide bonds. The van der Waals surface area contributed by atoms with Gasteiger partial charge in [0.1, 0.15) is 6.33 Å². The molecule has 1 aromatic carbocycles. The van der Waals surface area contributed by atoms with Crippen LogP contribution in [0.5, 0.6) is 0 Å². The molecule has 22 heavy (non-hydrogen) atoms. The number of aryl methyl sites for hydroxylation is 1. The van der Waals surface area contributed by atoms with Crippen molar-refractivity contribution in [1.82, 2.24) is 9.97 Å². The molecule has 0 atom stereocenters. The Kier molecular flexibility index (Phi) is 5.32. The van der Waals surface area contributed by atoms with Gasteiger partial charge in [0.25, 0.3) is 0 Å². The third-order valence-electron chi connectivity index (χ3n) is 3.09. The summed E-state index contributed by atoms with van der Waals surface area (Å²) >= 11 is 0. The van der Waals surface area contributed by atoms with E-state index in [1.165, 1.54) is 6.33 Å². The number of hydrogen-bond acceptors (Lipinski definition) is 5. The highest BCUT2D eigenvalue weighted by Gasteiger charge is 2.11. The zero-order valence-corrected chi connectivity index (χ0v) is 13.5. The maximum Gasteiger partial charge on any atom is 0.232 e. The summed E-state index contributed by atoms with van der Waals surface area (Å²) in [5, 5.41) is 3.23. The molecule has 6 nitrogen and oxygen atoms in total. The fourth-order valence-electron chi connectivity index (χ4n) is 1.95. The van der Waals surface area contributed by atoms with Gasteiger partial charge < -0.3 is 5.32 Å². The second-order valence-corrected chi connectivity index (χ2v) is 6.89. The van der Waals surface area contributed by atoms with Gasteiger partial charge >= 0.3 is 0 Å². The number of nitrogens with zero attached hydrogens (tertiary/aromatic N) is 2. The second-order valence-electron chi connectivity index (χ2n) is 5.05. The molecule has 0 unspecified atom stereocenters. The van der Waals surface area contributed by atoms with E-state index in [9.17, 15) is 8.42 Å². The van der Waals surface area contributed by atoms with Crippen LogP contribution in [0.15, 0.2) is 36.9 Å². The minimum Gasteiger partial charge on any atom is -0.381 e. The molecule has 7 heteroatoms. The highest BCUT2D eigenvalue weighted by molar-refractivity contribution is 7.92.